The van der Waals surface area contributed by atoms with Crippen molar-refractivity contribution < 1.29 is 14.3 Å². The largest absolute Gasteiger partial charge is 0.489 e. The van der Waals surface area contributed by atoms with Crippen LogP contribution in [0.15, 0.2) is 71.9 Å². The molecular formula is C19H14ClNO3. The first-order valence-corrected chi connectivity index (χ1v) is 7.67. The first kappa shape index (κ1) is 16.0. The first-order chi connectivity index (χ1) is 11.7. The van der Waals surface area contributed by atoms with Gasteiger partial charge in [-0.05, 0) is 24.3 Å². The lowest BCUT2D eigenvalue weighted by Gasteiger charge is -2.06. The van der Waals surface area contributed by atoms with Gasteiger partial charge in [0.05, 0.1) is 10.6 Å². The summed E-state index contributed by atoms with van der Waals surface area (Å²) in [5.41, 5.74) is 1.50. The molecule has 0 saturated heterocycles. The number of cyclic esters (lactones) is 1. The zero-order chi connectivity index (χ0) is 16.9. The number of nitrogens with zero attached hydrogens (tertiary/aromatic N) is 1. The molecule has 5 heteroatoms. The third kappa shape index (κ3) is 3.39. The van der Waals surface area contributed by atoms with Crippen LogP contribution in [0.3, 0.4) is 0 Å². The number of esters is 1. The van der Waals surface area contributed by atoms with Crippen molar-refractivity contribution in [1.82, 2.24) is 0 Å². The molecule has 0 aromatic heterocycles. The highest BCUT2D eigenvalue weighted by molar-refractivity contribution is 6.34. The standard InChI is InChI=1S/C19H14ClNO3/c1-2-11-23-17-10-6-3-7-13(17)12-16-19(22)24-18(21-16)14-8-4-5-9-15(14)20/h2-10,12H,1,11H2. The fourth-order valence-corrected chi connectivity index (χ4v) is 2.40. The van der Waals surface area contributed by atoms with E-state index in [1.54, 1.807) is 36.4 Å². The molecular weight excluding hydrogens is 326 g/mol. The summed E-state index contributed by atoms with van der Waals surface area (Å²) in [6.07, 6.45) is 3.28. The van der Waals surface area contributed by atoms with Crippen LogP contribution in [-0.4, -0.2) is 18.5 Å². The Morgan fingerprint density at radius 3 is 2.71 bits per heavy atom. The molecule has 0 unspecified atom stereocenters. The second kappa shape index (κ2) is 7.15. The summed E-state index contributed by atoms with van der Waals surface area (Å²) < 4.78 is 10.8. The number of halogens is 1. The maximum absolute atomic E-state index is 12.1. The van der Waals surface area contributed by atoms with Gasteiger partial charge in [0, 0.05) is 5.56 Å². The maximum Gasteiger partial charge on any atom is 0.363 e. The minimum atomic E-state index is -0.525. The van der Waals surface area contributed by atoms with Crippen molar-refractivity contribution in [3.8, 4) is 5.75 Å². The normalized spacial score (nSPS) is 15.1. The Morgan fingerprint density at radius 2 is 1.92 bits per heavy atom. The monoisotopic (exact) mass is 339 g/mol. The molecule has 0 saturated carbocycles. The Bertz CT molecular complexity index is 855. The summed E-state index contributed by atoms with van der Waals surface area (Å²) in [5, 5.41) is 0.472. The lowest BCUT2D eigenvalue weighted by atomic mass is 10.1. The van der Waals surface area contributed by atoms with Crippen LogP contribution in [0.25, 0.3) is 6.08 Å². The number of carbonyl (C=O) groups is 1. The average Bonchev–Trinajstić information content (AvgIpc) is 2.95. The second-order valence-electron chi connectivity index (χ2n) is 4.95. The van der Waals surface area contributed by atoms with E-state index in [2.05, 4.69) is 11.6 Å². The molecule has 0 N–H and O–H groups in total. The van der Waals surface area contributed by atoms with Crippen LogP contribution in [0.2, 0.25) is 5.02 Å². The highest BCUT2D eigenvalue weighted by Gasteiger charge is 2.25. The lowest BCUT2D eigenvalue weighted by Crippen LogP contribution is -2.05. The van der Waals surface area contributed by atoms with E-state index in [1.165, 1.54) is 0 Å². The minimum absolute atomic E-state index is 0.194. The molecule has 4 nitrogen and oxygen atoms in total. The highest BCUT2D eigenvalue weighted by Crippen LogP contribution is 2.26. The summed E-state index contributed by atoms with van der Waals surface area (Å²) in [7, 11) is 0. The average molecular weight is 340 g/mol. The van der Waals surface area contributed by atoms with Crippen molar-refractivity contribution in [2.45, 2.75) is 0 Å². The fraction of sp³-hybridized carbons (Fsp3) is 0.0526. The van der Waals surface area contributed by atoms with E-state index < -0.39 is 5.97 Å². The van der Waals surface area contributed by atoms with Crippen molar-refractivity contribution >= 4 is 29.5 Å². The van der Waals surface area contributed by atoms with E-state index in [-0.39, 0.29) is 11.6 Å². The van der Waals surface area contributed by atoms with Gasteiger partial charge >= 0.3 is 5.97 Å². The van der Waals surface area contributed by atoms with Gasteiger partial charge in [-0.15, -0.1) is 0 Å². The van der Waals surface area contributed by atoms with Crippen molar-refractivity contribution in [2.75, 3.05) is 6.61 Å². The zero-order valence-electron chi connectivity index (χ0n) is 12.7. The lowest BCUT2D eigenvalue weighted by molar-refractivity contribution is -0.129. The van der Waals surface area contributed by atoms with E-state index in [4.69, 9.17) is 21.1 Å². The van der Waals surface area contributed by atoms with E-state index >= 15 is 0 Å². The molecule has 2 aromatic carbocycles. The molecule has 0 fully saturated rings. The zero-order valence-corrected chi connectivity index (χ0v) is 13.5. The summed E-state index contributed by atoms with van der Waals surface area (Å²) in [4.78, 5) is 16.4. The summed E-state index contributed by atoms with van der Waals surface area (Å²) in [6, 6.07) is 14.4. The van der Waals surface area contributed by atoms with Crippen LogP contribution >= 0.6 is 11.6 Å². The van der Waals surface area contributed by atoms with Crippen molar-refractivity contribution in [3.63, 3.8) is 0 Å². The number of hydrogen-bond acceptors (Lipinski definition) is 4. The SMILES string of the molecule is C=CCOc1ccccc1C=C1N=C(c2ccccc2Cl)OC1=O. The predicted octanol–water partition coefficient (Wildman–Crippen LogP) is 4.25. The van der Waals surface area contributed by atoms with Crippen LogP contribution in [0.1, 0.15) is 11.1 Å². The van der Waals surface area contributed by atoms with Gasteiger partial charge < -0.3 is 9.47 Å². The number of ether oxygens (including phenoxy) is 2. The van der Waals surface area contributed by atoms with Gasteiger partial charge in [-0.1, -0.05) is 54.6 Å². The first-order valence-electron chi connectivity index (χ1n) is 7.29. The number of para-hydroxylation sites is 1. The van der Waals surface area contributed by atoms with Crippen LogP contribution in [0, 0.1) is 0 Å². The smallest absolute Gasteiger partial charge is 0.363 e. The minimum Gasteiger partial charge on any atom is -0.489 e. The quantitative estimate of drug-likeness (QED) is 0.465. The maximum atomic E-state index is 12.1. The van der Waals surface area contributed by atoms with Crippen LogP contribution in [-0.2, 0) is 9.53 Å². The van der Waals surface area contributed by atoms with Gasteiger partial charge in [0.15, 0.2) is 5.70 Å². The Labute approximate surface area is 144 Å². The van der Waals surface area contributed by atoms with Gasteiger partial charge in [-0.25, -0.2) is 9.79 Å². The van der Waals surface area contributed by atoms with Crippen molar-refractivity contribution in [3.05, 3.63) is 83.0 Å². The van der Waals surface area contributed by atoms with Gasteiger partial charge in [-0.2, -0.15) is 0 Å². The molecule has 3 rings (SSSR count). The van der Waals surface area contributed by atoms with Crippen LogP contribution < -0.4 is 4.74 Å². The molecule has 120 valence electrons. The molecule has 2 aromatic rings. The highest BCUT2D eigenvalue weighted by atomic mass is 35.5. The van der Waals surface area contributed by atoms with Gasteiger partial charge in [-0.3, -0.25) is 0 Å². The Kier molecular flexibility index (Phi) is 4.77. The van der Waals surface area contributed by atoms with Crippen molar-refractivity contribution in [2.24, 2.45) is 4.99 Å². The third-order valence-electron chi connectivity index (χ3n) is 3.29. The number of benzene rings is 2. The fourth-order valence-electron chi connectivity index (χ4n) is 2.19. The molecule has 1 aliphatic heterocycles. The topological polar surface area (TPSA) is 47.9 Å². The number of carbonyl (C=O) groups excluding carboxylic acids is 1. The van der Waals surface area contributed by atoms with Crippen LogP contribution in [0.4, 0.5) is 0 Å². The predicted molar refractivity (Wildman–Crippen MR) is 94.2 cm³/mol. The Hall–Kier alpha value is -2.85. The van der Waals surface area contributed by atoms with E-state index in [0.717, 1.165) is 5.56 Å². The van der Waals surface area contributed by atoms with Gasteiger partial charge in [0.2, 0.25) is 5.90 Å². The molecule has 0 spiro atoms. The Morgan fingerprint density at radius 1 is 1.17 bits per heavy atom. The molecule has 1 aliphatic rings. The van der Waals surface area contributed by atoms with E-state index in [9.17, 15) is 4.79 Å². The van der Waals surface area contributed by atoms with Gasteiger partial charge in [0.1, 0.15) is 12.4 Å². The molecule has 1 heterocycles. The van der Waals surface area contributed by atoms with Crippen LogP contribution in [0.5, 0.6) is 5.75 Å². The van der Waals surface area contributed by atoms with Crippen molar-refractivity contribution in [1.29, 1.82) is 0 Å². The number of aliphatic imine (C=N–C) groups is 1. The van der Waals surface area contributed by atoms with E-state index in [0.29, 0.717) is 22.9 Å². The van der Waals surface area contributed by atoms with Gasteiger partial charge in [0.25, 0.3) is 0 Å². The number of hydrogen-bond donors (Lipinski definition) is 0. The molecule has 0 atom stereocenters. The summed E-state index contributed by atoms with van der Waals surface area (Å²) in [5.74, 6) is 0.309. The molecule has 0 radical (unpaired) electrons. The molecule has 24 heavy (non-hydrogen) atoms. The molecule has 0 aliphatic carbocycles. The second-order valence-corrected chi connectivity index (χ2v) is 5.36. The Balaban J connectivity index is 1.95. The summed E-state index contributed by atoms with van der Waals surface area (Å²) >= 11 is 6.12. The van der Waals surface area contributed by atoms with E-state index in [1.807, 2.05) is 24.3 Å². The third-order valence-corrected chi connectivity index (χ3v) is 3.62. The number of rotatable bonds is 5. The molecule has 0 bridgehead atoms. The molecule has 0 amide bonds. The summed E-state index contributed by atoms with van der Waals surface area (Å²) in [6.45, 7) is 4.00.